The van der Waals surface area contributed by atoms with Crippen LogP contribution in [0.4, 0.5) is 0 Å². The number of rotatable bonds is 33. The van der Waals surface area contributed by atoms with Gasteiger partial charge in [0.2, 0.25) is 5.91 Å². The Kier molecular flexibility index (Phi) is 29.4. The molecule has 0 rings (SSSR count). The van der Waals surface area contributed by atoms with E-state index in [1.54, 1.807) is 0 Å². The van der Waals surface area contributed by atoms with E-state index in [4.69, 9.17) is 9.26 Å². The van der Waals surface area contributed by atoms with Crippen molar-refractivity contribution in [2.75, 3.05) is 19.8 Å². The molecule has 3 unspecified atom stereocenters. The fourth-order valence-corrected chi connectivity index (χ4v) is 5.49. The fourth-order valence-electron chi connectivity index (χ4n) is 4.72. The molecule has 0 bridgehead atoms. The van der Waals surface area contributed by atoms with Crippen molar-refractivity contribution in [2.45, 2.75) is 167 Å². The number of phosphoric acid groups is 1. The maximum atomic E-state index is 12.2. The van der Waals surface area contributed by atoms with Crippen molar-refractivity contribution in [1.29, 1.82) is 0 Å². The minimum atomic E-state index is -4.73. The predicted octanol–water partition coefficient (Wildman–Crippen LogP) is 7.77. The highest BCUT2D eigenvalue weighted by molar-refractivity contribution is 7.47. The number of hydrogen-bond acceptors (Lipinski definition) is 8. The van der Waals surface area contributed by atoms with Crippen LogP contribution >= 0.6 is 7.82 Å². The third kappa shape index (κ3) is 29.6. The summed E-state index contributed by atoms with van der Waals surface area (Å²) in [7, 11) is -4.73. The zero-order chi connectivity index (χ0) is 34.3. The van der Waals surface area contributed by atoms with E-state index in [0.717, 1.165) is 32.1 Å². The molecule has 0 aromatic heterocycles. The van der Waals surface area contributed by atoms with Gasteiger partial charge in [0.1, 0.15) is 12.7 Å². The largest absolute Gasteiger partial charge is 0.480 e. The normalized spacial score (nSPS) is 14.2. The summed E-state index contributed by atoms with van der Waals surface area (Å²) >= 11 is 0. The van der Waals surface area contributed by atoms with E-state index in [1.807, 2.05) is 6.92 Å². The highest BCUT2D eigenvalue weighted by Gasteiger charge is 2.28. The number of carbonyl (C=O) groups excluding carboxylic acids is 2. The standard InChI is InChI=1S/C34H64NO10P/c1-3-5-7-8-9-10-11-12-13-14-15-16-17-18-19-20-21-22-24-25-32(37)35-31(34(39)40)29-45-46(41,42)44-28-30(36)27-43-33(38)26-23-6-4-2/h12-13,30-31,36H,3-11,14-29H2,1-2H3,(H,35,37)(H,39,40)(H,41,42)/b13-12+. The number of carboxylic acids is 1. The summed E-state index contributed by atoms with van der Waals surface area (Å²) in [4.78, 5) is 45.1. The van der Waals surface area contributed by atoms with Gasteiger partial charge in [0.05, 0.1) is 13.2 Å². The number of aliphatic carboxylic acids is 1. The van der Waals surface area contributed by atoms with Crippen molar-refractivity contribution in [2.24, 2.45) is 0 Å². The van der Waals surface area contributed by atoms with Gasteiger partial charge in [-0.05, 0) is 38.5 Å². The average molecular weight is 678 g/mol. The number of unbranched alkanes of at least 4 members (excludes halogenated alkanes) is 17. The van der Waals surface area contributed by atoms with E-state index in [1.165, 1.54) is 83.5 Å². The van der Waals surface area contributed by atoms with E-state index >= 15 is 0 Å². The second kappa shape index (κ2) is 30.5. The predicted molar refractivity (Wildman–Crippen MR) is 180 cm³/mol. The third-order valence-corrected chi connectivity index (χ3v) is 8.51. The smallest absolute Gasteiger partial charge is 0.472 e. The van der Waals surface area contributed by atoms with Gasteiger partial charge in [-0.2, -0.15) is 0 Å². The fraction of sp³-hybridized carbons (Fsp3) is 0.853. The summed E-state index contributed by atoms with van der Waals surface area (Å²) in [5, 5.41) is 21.5. The van der Waals surface area contributed by atoms with Crippen LogP contribution in [-0.4, -0.2) is 64.9 Å². The number of carboxylic acid groups (broad SMARTS) is 1. The number of hydrogen-bond donors (Lipinski definition) is 4. The Balaban J connectivity index is 3.89. The molecular formula is C34H64NO10P. The van der Waals surface area contributed by atoms with Crippen LogP contribution in [-0.2, 0) is 32.7 Å². The summed E-state index contributed by atoms with van der Waals surface area (Å²) in [6, 6.07) is -1.54. The van der Waals surface area contributed by atoms with Gasteiger partial charge < -0.3 is 25.2 Å². The summed E-state index contributed by atoms with van der Waals surface area (Å²) in [6.45, 7) is 2.36. The number of allylic oxidation sites excluding steroid dienone is 2. The Labute approximate surface area is 277 Å². The first-order chi connectivity index (χ1) is 22.1. The van der Waals surface area contributed by atoms with E-state index in [2.05, 4.69) is 28.9 Å². The monoisotopic (exact) mass is 677 g/mol. The number of aliphatic hydroxyl groups excluding tert-OH is 1. The highest BCUT2D eigenvalue weighted by atomic mass is 31.2. The zero-order valence-electron chi connectivity index (χ0n) is 28.6. The quantitative estimate of drug-likeness (QED) is 0.0233. The number of aliphatic hydroxyl groups is 1. The molecule has 0 fully saturated rings. The lowest BCUT2D eigenvalue weighted by Crippen LogP contribution is -2.43. The van der Waals surface area contributed by atoms with Gasteiger partial charge in [-0.3, -0.25) is 18.6 Å². The molecule has 1 amide bonds. The van der Waals surface area contributed by atoms with E-state index in [-0.39, 0.29) is 12.8 Å². The number of amides is 1. The minimum Gasteiger partial charge on any atom is -0.480 e. The van der Waals surface area contributed by atoms with Crippen LogP contribution in [0.25, 0.3) is 0 Å². The molecule has 0 aliphatic heterocycles. The Morgan fingerprint density at radius 3 is 1.67 bits per heavy atom. The molecule has 0 saturated heterocycles. The first-order valence-corrected chi connectivity index (χ1v) is 19.2. The number of ether oxygens (including phenoxy) is 1. The zero-order valence-corrected chi connectivity index (χ0v) is 29.5. The van der Waals surface area contributed by atoms with Gasteiger partial charge in [0, 0.05) is 12.8 Å². The molecule has 0 aliphatic carbocycles. The van der Waals surface area contributed by atoms with Gasteiger partial charge in [-0.1, -0.05) is 116 Å². The summed E-state index contributed by atoms with van der Waals surface area (Å²) in [5.74, 6) is -2.40. The molecule has 12 heteroatoms. The van der Waals surface area contributed by atoms with Crippen molar-refractivity contribution >= 4 is 25.7 Å². The molecule has 0 spiro atoms. The van der Waals surface area contributed by atoms with Crippen LogP contribution in [0.2, 0.25) is 0 Å². The first kappa shape index (κ1) is 44.2. The highest BCUT2D eigenvalue weighted by Crippen LogP contribution is 2.43. The first-order valence-electron chi connectivity index (χ1n) is 17.7. The molecule has 0 radical (unpaired) electrons. The number of carbonyl (C=O) groups is 3. The Hall–Kier alpha value is -1.78. The SMILES string of the molecule is CCCCCCCC/C=C/CCCCCCCCCCCC(=O)NC(COP(=O)(O)OCC(O)COC(=O)CCCCC)C(=O)O. The van der Waals surface area contributed by atoms with Crippen LogP contribution in [0, 0.1) is 0 Å². The second-order valence-corrected chi connectivity index (χ2v) is 13.5. The van der Waals surface area contributed by atoms with Gasteiger partial charge in [0.25, 0.3) is 0 Å². The van der Waals surface area contributed by atoms with Crippen LogP contribution in [0.5, 0.6) is 0 Å². The second-order valence-electron chi connectivity index (χ2n) is 12.1. The lowest BCUT2D eigenvalue weighted by Gasteiger charge is -2.18. The van der Waals surface area contributed by atoms with Gasteiger partial charge >= 0.3 is 19.8 Å². The van der Waals surface area contributed by atoms with Crippen LogP contribution in [0.3, 0.4) is 0 Å². The molecule has 11 nitrogen and oxygen atoms in total. The molecule has 0 heterocycles. The number of esters is 1. The minimum absolute atomic E-state index is 0.146. The molecule has 270 valence electrons. The molecule has 3 atom stereocenters. The van der Waals surface area contributed by atoms with Crippen molar-refractivity contribution in [3.05, 3.63) is 12.2 Å². The molecular weight excluding hydrogens is 613 g/mol. The van der Waals surface area contributed by atoms with Gasteiger partial charge in [-0.25, -0.2) is 9.36 Å². The Bertz CT molecular complexity index is 854. The molecule has 46 heavy (non-hydrogen) atoms. The van der Waals surface area contributed by atoms with Crippen LogP contribution in [0.1, 0.15) is 155 Å². The van der Waals surface area contributed by atoms with Gasteiger partial charge in [-0.15, -0.1) is 0 Å². The lowest BCUT2D eigenvalue weighted by molar-refractivity contribution is -0.147. The van der Waals surface area contributed by atoms with Crippen molar-refractivity contribution in [3.8, 4) is 0 Å². The Morgan fingerprint density at radius 2 is 1.13 bits per heavy atom. The van der Waals surface area contributed by atoms with Crippen LogP contribution in [0.15, 0.2) is 12.2 Å². The topological polar surface area (TPSA) is 169 Å². The summed E-state index contributed by atoms with van der Waals surface area (Å²) in [6.07, 6.45) is 26.3. The van der Waals surface area contributed by atoms with Crippen molar-refractivity contribution in [3.63, 3.8) is 0 Å². The molecule has 4 N–H and O–H groups in total. The van der Waals surface area contributed by atoms with Crippen LogP contribution < -0.4 is 5.32 Å². The number of nitrogens with one attached hydrogen (secondary N) is 1. The Morgan fingerprint density at radius 1 is 0.674 bits per heavy atom. The summed E-state index contributed by atoms with van der Waals surface area (Å²) < 4.78 is 26.4. The van der Waals surface area contributed by atoms with E-state index < -0.39 is 57.6 Å². The van der Waals surface area contributed by atoms with Crippen molar-refractivity contribution < 1.29 is 47.8 Å². The molecule has 0 saturated carbocycles. The maximum Gasteiger partial charge on any atom is 0.472 e. The number of phosphoric ester groups is 1. The van der Waals surface area contributed by atoms with E-state index in [9.17, 15) is 34.1 Å². The average Bonchev–Trinajstić information content (AvgIpc) is 3.02. The van der Waals surface area contributed by atoms with Crippen molar-refractivity contribution in [1.82, 2.24) is 5.32 Å². The van der Waals surface area contributed by atoms with E-state index in [0.29, 0.717) is 12.8 Å². The maximum absolute atomic E-state index is 12.2. The van der Waals surface area contributed by atoms with Gasteiger partial charge in [0.15, 0.2) is 6.04 Å². The molecule has 0 aliphatic rings. The lowest BCUT2D eigenvalue weighted by atomic mass is 10.1. The summed E-state index contributed by atoms with van der Waals surface area (Å²) in [5.41, 5.74) is 0. The molecule has 0 aromatic rings. The third-order valence-electron chi connectivity index (χ3n) is 7.55. The molecule has 0 aromatic carbocycles.